The van der Waals surface area contributed by atoms with Gasteiger partial charge in [-0.25, -0.2) is 0 Å². The molecule has 1 N–H and O–H groups in total. The Morgan fingerprint density at radius 1 is 0.909 bits per heavy atom. The number of nitrogens with one attached hydrogen (secondary N) is 1. The van der Waals surface area contributed by atoms with Crippen LogP contribution in [0.1, 0.15) is 18.1 Å². The van der Waals surface area contributed by atoms with Gasteiger partial charge in [0, 0.05) is 48.5 Å². The van der Waals surface area contributed by atoms with E-state index in [0.717, 1.165) is 43.4 Å². The van der Waals surface area contributed by atoms with Crippen LogP contribution in [0, 0.1) is 6.92 Å². The molecule has 0 aliphatic carbocycles. The van der Waals surface area contributed by atoms with Gasteiger partial charge in [-0.2, -0.15) is 0 Å². The van der Waals surface area contributed by atoms with Crippen LogP contribution in [0.5, 0.6) is 11.5 Å². The number of aryl methyl sites for hydroxylation is 1. The molecule has 0 aromatic heterocycles. The molecule has 1 atom stereocenters. The molecule has 1 unspecified atom stereocenters. The highest BCUT2D eigenvalue weighted by Crippen LogP contribution is 2.29. The van der Waals surface area contributed by atoms with Gasteiger partial charge in [0.1, 0.15) is 0 Å². The highest BCUT2D eigenvalue weighted by Gasteiger charge is 2.24. The molecular formula is C27H33N3O2S. The molecule has 0 bridgehead atoms. The topological polar surface area (TPSA) is 37.0 Å². The lowest BCUT2D eigenvalue weighted by Crippen LogP contribution is -2.51. The fourth-order valence-electron chi connectivity index (χ4n) is 4.14. The Bertz CT molecular complexity index is 1040. The van der Waals surface area contributed by atoms with Crippen molar-refractivity contribution in [1.29, 1.82) is 0 Å². The molecule has 5 nitrogen and oxygen atoms in total. The normalized spacial score (nSPS) is 16.5. The summed E-state index contributed by atoms with van der Waals surface area (Å²) in [5.74, 6) is 1.56. The van der Waals surface area contributed by atoms with Crippen LogP contribution in [0.25, 0.3) is 0 Å². The van der Waals surface area contributed by atoms with E-state index < -0.39 is 0 Å². The van der Waals surface area contributed by atoms with E-state index in [1.54, 1.807) is 26.2 Å². The molecular weight excluding hydrogens is 430 g/mol. The zero-order chi connectivity index (χ0) is 23.2. The van der Waals surface area contributed by atoms with Crippen molar-refractivity contribution in [3.63, 3.8) is 0 Å². The highest BCUT2D eigenvalue weighted by atomic mass is 32.2. The number of piperazine rings is 1. The predicted octanol–water partition coefficient (Wildman–Crippen LogP) is 5.84. The standard InChI is InChI=1S/C27H33N3O2S/c1-20-5-12-25(13-6-20)33-28-23-8-10-24(11-9-23)30-16-15-29(21(2)18-30)19-22-7-14-26(31-3)27(17-22)32-4/h5-14,17,21,28H,15-16,18-19H2,1-4H3. The van der Waals surface area contributed by atoms with Crippen LogP contribution >= 0.6 is 11.9 Å². The Balaban J connectivity index is 1.31. The second-order valence-electron chi connectivity index (χ2n) is 8.52. The van der Waals surface area contributed by atoms with Crippen LogP contribution in [-0.4, -0.2) is 44.8 Å². The predicted molar refractivity (Wildman–Crippen MR) is 139 cm³/mol. The van der Waals surface area contributed by atoms with Crippen LogP contribution < -0.4 is 19.1 Å². The maximum absolute atomic E-state index is 5.47. The van der Waals surface area contributed by atoms with E-state index in [1.165, 1.54) is 21.7 Å². The molecule has 1 saturated heterocycles. The van der Waals surface area contributed by atoms with Gasteiger partial charge in [0.15, 0.2) is 11.5 Å². The lowest BCUT2D eigenvalue weighted by molar-refractivity contribution is 0.181. The van der Waals surface area contributed by atoms with Crippen molar-refractivity contribution < 1.29 is 9.47 Å². The van der Waals surface area contributed by atoms with E-state index in [2.05, 4.69) is 89.0 Å². The van der Waals surface area contributed by atoms with Gasteiger partial charge in [-0.1, -0.05) is 23.8 Å². The minimum absolute atomic E-state index is 0.460. The lowest BCUT2D eigenvalue weighted by atomic mass is 10.1. The Labute approximate surface area is 201 Å². The van der Waals surface area contributed by atoms with Gasteiger partial charge in [0.05, 0.1) is 14.2 Å². The number of ether oxygens (including phenoxy) is 2. The molecule has 6 heteroatoms. The number of rotatable bonds is 8. The summed E-state index contributed by atoms with van der Waals surface area (Å²) < 4.78 is 14.3. The van der Waals surface area contributed by atoms with Gasteiger partial charge in [0.25, 0.3) is 0 Å². The monoisotopic (exact) mass is 463 g/mol. The Morgan fingerprint density at radius 3 is 2.30 bits per heavy atom. The SMILES string of the molecule is COc1ccc(CN2CCN(c3ccc(NSc4ccc(C)cc4)cc3)CC2C)cc1OC. The Kier molecular flexibility index (Phi) is 7.68. The Hall–Kier alpha value is -2.83. The number of methoxy groups -OCH3 is 2. The molecule has 1 fully saturated rings. The minimum Gasteiger partial charge on any atom is -0.493 e. The van der Waals surface area contributed by atoms with Gasteiger partial charge in [0.2, 0.25) is 0 Å². The number of benzene rings is 3. The smallest absolute Gasteiger partial charge is 0.161 e. The van der Waals surface area contributed by atoms with Gasteiger partial charge in [-0.05, 0) is 79.9 Å². The van der Waals surface area contributed by atoms with E-state index >= 15 is 0 Å². The number of anilines is 2. The summed E-state index contributed by atoms with van der Waals surface area (Å²) >= 11 is 1.64. The first kappa shape index (κ1) is 23.3. The second kappa shape index (κ2) is 10.9. The van der Waals surface area contributed by atoms with Gasteiger partial charge >= 0.3 is 0 Å². The molecule has 3 aromatic carbocycles. The zero-order valence-electron chi connectivity index (χ0n) is 19.9. The van der Waals surface area contributed by atoms with E-state index in [4.69, 9.17) is 9.47 Å². The Morgan fingerprint density at radius 2 is 1.64 bits per heavy atom. The van der Waals surface area contributed by atoms with Crippen LogP contribution in [-0.2, 0) is 6.54 Å². The van der Waals surface area contributed by atoms with E-state index in [9.17, 15) is 0 Å². The fraction of sp³-hybridized carbons (Fsp3) is 0.333. The largest absolute Gasteiger partial charge is 0.493 e. The molecule has 3 aromatic rings. The summed E-state index contributed by atoms with van der Waals surface area (Å²) in [5.41, 5.74) is 4.92. The molecule has 1 aliphatic rings. The molecule has 0 spiro atoms. The van der Waals surface area contributed by atoms with Crippen molar-refractivity contribution in [2.75, 3.05) is 43.5 Å². The third kappa shape index (κ3) is 5.95. The lowest BCUT2D eigenvalue weighted by Gasteiger charge is -2.41. The van der Waals surface area contributed by atoms with Gasteiger partial charge in [-0.3, -0.25) is 4.90 Å². The molecule has 174 valence electrons. The molecule has 0 radical (unpaired) electrons. The van der Waals surface area contributed by atoms with Gasteiger partial charge < -0.3 is 19.1 Å². The average Bonchev–Trinajstić information content (AvgIpc) is 2.85. The van der Waals surface area contributed by atoms with Crippen molar-refractivity contribution in [2.24, 2.45) is 0 Å². The molecule has 1 aliphatic heterocycles. The maximum Gasteiger partial charge on any atom is 0.161 e. The van der Waals surface area contributed by atoms with Crippen LogP contribution in [0.2, 0.25) is 0 Å². The first-order valence-electron chi connectivity index (χ1n) is 11.3. The van der Waals surface area contributed by atoms with Crippen molar-refractivity contribution in [3.05, 3.63) is 77.9 Å². The second-order valence-corrected chi connectivity index (χ2v) is 9.40. The summed E-state index contributed by atoms with van der Waals surface area (Å²) in [7, 11) is 3.36. The average molecular weight is 464 g/mol. The van der Waals surface area contributed by atoms with Gasteiger partial charge in [-0.15, -0.1) is 0 Å². The summed E-state index contributed by atoms with van der Waals surface area (Å²) in [6.07, 6.45) is 0. The third-order valence-corrected chi connectivity index (χ3v) is 6.98. The fourth-order valence-corrected chi connectivity index (χ4v) is 4.79. The summed E-state index contributed by atoms with van der Waals surface area (Å²) in [6, 6.07) is 24.0. The zero-order valence-corrected chi connectivity index (χ0v) is 20.7. The molecule has 33 heavy (non-hydrogen) atoms. The van der Waals surface area contributed by atoms with Crippen LogP contribution in [0.4, 0.5) is 11.4 Å². The van der Waals surface area contributed by atoms with Crippen molar-refractivity contribution in [1.82, 2.24) is 4.90 Å². The van der Waals surface area contributed by atoms with Crippen molar-refractivity contribution >= 4 is 23.3 Å². The summed E-state index contributed by atoms with van der Waals surface area (Å²) in [5, 5.41) is 0. The molecule has 1 heterocycles. The van der Waals surface area contributed by atoms with E-state index in [1.807, 2.05) is 6.07 Å². The van der Waals surface area contributed by atoms with E-state index in [-0.39, 0.29) is 0 Å². The summed E-state index contributed by atoms with van der Waals surface area (Å²) in [4.78, 5) is 6.22. The van der Waals surface area contributed by atoms with Crippen molar-refractivity contribution in [2.45, 2.75) is 31.3 Å². The number of hydrogen-bond donors (Lipinski definition) is 1. The number of nitrogens with zero attached hydrogens (tertiary/aromatic N) is 2. The molecule has 0 amide bonds. The first-order chi connectivity index (χ1) is 16.1. The van der Waals surface area contributed by atoms with Crippen molar-refractivity contribution in [3.8, 4) is 11.5 Å². The number of hydrogen-bond acceptors (Lipinski definition) is 6. The van der Waals surface area contributed by atoms with E-state index in [0.29, 0.717) is 6.04 Å². The third-order valence-electron chi connectivity index (χ3n) is 6.14. The summed E-state index contributed by atoms with van der Waals surface area (Å²) in [6.45, 7) is 8.38. The molecule has 0 saturated carbocycles. The quantitative estimate of drug-likeness (QED) is 0.423. The first-order valence-corrected chi connectivity index (χ1v) is 12.2. The highest BCUT2D eigenvalue weighted by molar-refractivity contribution is 8.00. The minimum atomic E-state index is 0.460. The van der Waals surface area contributed by atoms with Crippen LogP contribution in [0.15, 0.2) is 71.6 Å². The maximum atomic E-state index is 5.47. The van der Waals surface area contributed by atoms with Crippen LogP contribution in [0.3, 0.4) is 0 Å². The molecule has 4 rings (SSSR count).